The highest BCUT2D eigenvalue weighted by Gasteiger charge is 2.39. The predicted octanol–water partition coefficient (Wildman–Crippen LogP) is 3.57. The van der Waals surface area contributed by atoms with E-state index in [9.17, 15) is 14.3 Å². The van der Waals surface area contributed by atoms with E-state index in [1.807, 2.05) is 0 Å². The van der Waals surface area contributed by atoms with E-state index in [4.69, 9.17) is 0 Å². The third-order valence-corrected chi connectivity index (χ3v) is 4.21. The average molecular weight is 288 g/mol. The number of nitrogens with zero attached hydrogens (tertiary/aromatic N) is 1. The maximum absolute atomic E-state index is 14.1. The molecule has 1 aromatic heterocycles. The van der Waals surface area contributed by atoms with Gasteiger partial charge in [-0.2, -0.15) is 0 Å². The van der Waals surface area contributed by atoms with Crippen LogP contribution >= 0.6 is 0 Å². The number of aliphatic carboxylic acids is 1. The molecular weight excluding hydrogens is 271 g/mol. The maximum Gasteiger partial charge on any atom is 0.329 e. The summed E-state index contributed by atoms with van der Waals surface area (Å²) in [6, 6.07) is 6.33. The van der Waals surface area contributed by atoms with Crippen molar-refractivity contribution < 1.29 is 14.3 Å². The first-order chi connectivity index (χ1) is 10.1. The van der Waals surface area contributed by atoms with E-state index in [1.54, 1.807) is 24.4 Å². The molecule has 3 rings (SSSR count). The number of halogens is 1. The molecule has 0 radical (unpaired) electrons. The van der Waals surface area contributed by atoms with Gasteiger partial charge in [-0.05, 0) is 31.0 Å². The Morgan fingerprint density at radius 3 is 2.71 bits per heavy atom. The molecule has 5 heteroatoms. The quantitative estimate of drug-likeness (QED) is 0.906. The van der Waals surface area contributed by atoms with E-state index in [0.717, 1.165) is 19.3 Å². The summed E-state index contributed by atoms with van der Waals surface area (Å²) in [6.07, 6.45) is 5.46. The summed E-state index contributed by atoms with van der Waals surface area (Å²) in [5, 5.41) is 13.1. The zero-order valence-electron chi connectivity index (χ0n) is 11.6. The molecule has 0 atom stereocenters. The van der Waals surface area contributed by atoms with Crippen LogP contribution in [0.2, 0.25) is 0 Å². The van der Waals surface area contributed by atoms with E-state index in [-0.39, 0.29) is 5.82 Å². The fourth-order valence-corrected chi connectivity index (χ4v) is 3.07. The van der Waals surface area contributed by atoms with Gasteiger partial charge in [0, 0.05) is 11.9 Å². The number of rotatable bonds is 3. The lowest BCUT2D eigenvalue weighted by molar-refractivity contribution is -0.143. The Kier molecular flexibility index (Phi) is 3.49. The van der Waals surface area contributed by atoms with Crippen molar-refractivity contribution in [2.45, 2.75) is 37.6 Å². The normalized spacial score (nSPS) is 17.6. The number of anilines is 1. The number of fused-ring (bicyclic) bond motifs is 1. The van der Waals surface area contributed by atoms with Gasteiger partial charge in [0.15, 0.2) is 0 Å². The van der Waals surface area contributed by atoms with Gasteiger partial charge in [-0.15, -0.1) is 0 Å². The molecule has 1 aliphatic carbocycles. The lowest BCUT2D eigenvalue weighted by atomic mass is 9.81. The van der Waals surface area contributed by atoms with Gasteiger partial charge in [0.05, 0.1) is 10.9 Å². The SMILES string of the molecule is O=C(O)C1(Nc2ccnc3cccc(F)c23)CCCCC1. The second-order valence-corrected chi connectivity index (χ2v) is 5.57. The molecule has 0 amide bonds. The van der Waals surface area contributed by atoms with Crippen LogP contribution in [0.15, 0.2) is 30.5 Å². The first kappa shape index (κ1) is 13.8. The molecule has 1 fully saturated rings. The monoisotopic (exact) mass is 288 g/mol. The van der Waals surface area contributed by atoms with E-state index in [2.05, 4.69) is 10.3 Å². The largest absolute Gasteiger partial charge is 0.480 e. The molecular formula is C16H17FN2O2. The van der Waals surface area contributed by atoms with Crippen LogP contribution in [0.3, 0.4) is 0 Å². The number of hydrogen-bond acceptors (Lipinski definition) is 3. The van der Waals surface area contributed by atoms with Crippen molar-refractivity contribution in [1.29, 1.82) is 0 Å². The number of aromatic nitrogens is 1. The fourth-order valence-electron chi connectivity index (χ4n) is 3.07. The number of carboxylic acids is 1. The second kappa shape index (κ2) is 5.31. The molecule has 2 aromatic rings. The van der Waals surface area contributed by atoms with Crippen molar-refractivity contribution in [2.24, 2.45) is 0 Å². The third kappa shape index (κ3) is 2.44. The van der Waals surface area contributed by atoms with Gasteiger partial charge < -0.3 is 10.4 Å². The number of benzene rings is 1. The molecule has 2 N–H and O–H groups in total. The average Bonchev–Trinajstić information content (AvgIpc) is 2.48. The minimum Gasteiger partial charge on any atom is -0.480 e. The van der Waals surface area contributed by atoms with Crippen LogP contribution in [0.25, 0.3) is 10.9 Å². The highest BCUT2D eigenvalue weighted by Crippen LogP contribution is 2.34. The number of carbonyl (C=O) groups is 1. The standard InChI is InChI=1S/C16H17FN2O2/c17-11-5-4-6-12-14(11)13(7-10-18-12)19-16(15(20)21)8-2-1-3-9-16/h4-7,10H,1-3,8-9H2,(H,18,19)(H,20,21). The van der Waals surface area contributed by atoms with E-state index in [1.165, 1.54) is 6.07 Å². The van der Waals surface area contributed by atoms with Crippen molar-refractivity contribution in [3.8, 4) is 0 Å². The Morgan fingerprint density at radius 1 is 1.24 bits per heavy atom. The Bertz CT molecular complexity index is 676. The summed E-state index contributed by atoms with van der Waals surface area (Å²) < 4.78 is 14.1. The highest BCUT2D eigenvalue weighted by molar-refractivity contribution is 5.94. The van der Waals surface area contributed by atoms with Crippen LogP contribution in [-0.2, 0) is 4.79 Å². The van der Waals surface area contributed by atoms with Crippen molar-refractivity contribution in [1.82, 2.24) is 4.98 Å². The van der Waals surface area contributed by atoms with Gasteiger partial charge in [0.1, 0.15) is 11.4 Å². The van der Waals surface area contributed by atoms with Crippen LogP contribution in [0, 0.1) is 5.82 Å². The predicted molar refractivity (Wildman–Crippen MR) is 78.8 cm³/mol. The van der Waals surface area contributed by atoms with Crippen LogP contribution in [0.5, 0.6) is 0 Å². The molecule has 1 saturated carbocycles. The first-order valence-electron chi connectivity index (χ1n) is 7.17. The fraction of sp³-hybridized carbons (Fsp3) is 0.375. The van der Waals surface area contributed by atoms with Gasteiger partial charge in [-0.1, -0.05) is 25.3 Å². The van der Waals surface area contributed by atoms with Crippen LogP contribution < -0.4 is 5.32 Å². The minimum absolute atomic E-state index is 0.353. The van der Waals surface area contributed by atoms with Crippen LogP contribution in [0.4, 0.5) is 10.1 Å². The van der Waals surface area contributed by atoms with E-state index < -0.39 is 11.5 Å². The summed E-state index contributed by atoms with van der Waals surface area (Å²) in [5.74, 6) is -1.26. The molecule has 0 unspecified atom stereocenters. The third-order valence-electron chi connectivity index (χ3n) is 4.21. The van der Waals surface area contributed by atoms with Crippen molar-refractivity contribution in [2.75, 3.05) is 5.32 Å². The Labute approximate surface area is 122 Å². The van der Waals surface area contributed by atoms with Crippen molar-refractivity contribution in [3.63, 3.8) is 0 Å². The lowest BCUT2D eigenvalue weighted by Gasteiger charge is -2.35. The van der Waals surface area contributed by atoms with E-state index >= 15 is 0 Å². The summed E-state index contributed by atoms with van der Waals surface area (Å²) in [5.41, 5.74) is 0.0215. The van der Waals surface area contributed by atoms with Crippen LogP contribution in [-0.4, -0.2) is 21.6 Å². The Hall–Kier alpha value is -2.17. The lowest BCUT2D eigenvalue weighted by Crippen LogP contribution is -2.47. The van der Waals surface area contributed by atoms with Gasteiger partial charge in [-0.3, -0.25) is 4.98 Å². The molecule has 0 saturated heterocycles. The first-order valence-corrected chi connectivity index (χ1v) is 7.17. The molecule has 0 bridgehead atoms. The summed E-state index contributed by atoms with van der Waals surface area (Å²) >= 11 is 0. The number of carboxylic acid groups (broad SMARTS) is 1. The molecule has 110 valence electrons. The number of nitrogens with one attached hydrogen (secondary N) is 1. The Morgan fingerprint density at radius 2 is 2.00 bits per heavy atom. The highest BCUT2D eigenvalue weighted by atomic mass is 19.1. The van der Waals surface area contributed by atoms with Crippen molar-refractivity contribution in [3.05, 3.63) is 36.3 Å². The van der Waals surface area contributed by atoms with Crippen molar-refractivity contribution >= 4 is 22.6 Å². The second-order valence-electron chi connectivity index (χ2n) is 5.57. The van der Waals surface area contributed by atoms with E-state index in [0.29, 0.717) is 29.4 Å². The molecule has 21 heavy (non-hydrogen) atoms. The molecule has 1 aliphatic rings. The smallest absolute Gasteiger partial charge is 0.329 e. The van der Waals surface area contributed by atoms with Gasteiger partial charge in [0.2, 0.25) is 0 Å². The Balaban J connectivity index is 2.06. The maximum atomic E-state index is 14.1. The summed E-state index contributed by atoms with van der Waals surface area (Å²) in [7, 11) is 0. The number of pyridine rings is 1. The van der Waals surface area contributed by atoms with Gasteiger partial charge in [0.25, 0.3) is 0 Å². The zero-order valence-corrected chi connectivity index (χ0v) is 11.6. The zero-order chi connectivity index (χ0) is 14.9. The molecule has 1 aromatic carbocycles. The van der Waals surface area contributed by atoms with Crippen LogP contribution in [0.1, 0.15) is 32.1 Å². The van der Waals surface area contributed by atoms with Gasteiger partial charge in [-0.25, -0.2) is 9.18 Å². The number of hydrogen-bond donors (Lipinski definition) is 2. The minimum atomic E-state index is -1.01. The molecule has 0 aliphatic heterocycles. The molecule has 4 nitrogen and oxygen atoms in total. The molecule has 1 heterocycles. The molecule has 0 spiro atoms. The van der Waals surface area contributed by atoms with Gasteiger partial charge >= 0.3 is 5.97 Å². The topological polar surface area (TPSA) is 62.2 Å². The summed E-state index contributed by atoms with van der Waals surface area (Å²) in [4.78, 5) is 15.9. The summed E-state index contributed by atoms with van der Waals surface area (Å²) in [6.45, 7) is 0.